The number of aliphatic hydroxyl groups excluding tert-OH is 1. The second-order valence-corrected chi connectivity index (χ2v) is 2.73. The van der Waals surface area contributed by atoms with Crippen LogP contribution in [0.1, 0.15) is 18.1 Å². The Kier molecular flexibility index (Phi) is 3.53. The van der Waals surface area contributed by atoms with Crippen molar-refractivity contribution in [3.63, 3.8) is 0 Å². The zero-order valence-corrected chi connectivity index (χ0v) is 7.95. The molecule has 0 aromatic heterocycles. The molecule has 0 aliphatic carbocycles. The molecule has 0 heterocycles. The highest BCUT2D eigenvalue weighted by molar-refractivity contribution is 5.52. The van der Waals surface area contributed by atoms with Crippen molar-refractivity contribution in [3.8, 4) is 5.75 Å². The van der Waals surface area contributed by atoms with Gasteiger partial charge in [-0.2, -0.15) is 0 Å². The normalized spacial score (nSPS) is 10.7. The fourth-order valence-corrected chi connectivity index (χ4v) is 1.22. The first-order chi connectivity index (χ1) is 6.31. The SMILES string of the molecule is CC=Cc1ccc(OC)c(CO)c1. The second-order valence-electron chi connectivity index (χ2n) is 2.73. The summed E-state index contributed by atoms with van der Waals surface area (Å²) in [4.78, 5) is 0. The van der Waals surface area contributed by atoms with E-state index in [1.807, 2.05) is 37.3 Å². The van der Waals surface area contributed by atoms with Gasteiger partial charge in [-0.25, -0.2) is 0 Å². The smallest absolute Gasteiger partial charge is 0.124 e. The summed E-state index contributed by atoms with van der Waals surface area (Å²) in [5.74, 6) is 0.732. The maximum absolute atomic E-state index is 9.04. The largest absolute Gasteiger partial charge is 0.496 e. The first kappa shape index (κ1) is 9.81. The van der Waals surface area contributed by atoms with Crippen LogP contribution in [0.2, 0.25) is 0 Å². The van der Waals surface area contributed by atoms with Crippen LogP contribution in [0.3, 0.4) is 0 Å². The number of benzene rings is 1. The molecule has 1 rings (SSSR count). The van der Waals surface area contributed by atoms with E-state index in [1.165, 1.54) is 0 Å². The summed E-state index contributed by atoms with van der Waals surface area (Å²) >= 11 is 0. The summed E-state index contributed by atoms with van der Waals surface area (Å²) in [6, 6.07) is 5.73. The number of ether oxygens (including phenoxy) is 1. The lowest BCUT2D eigenvalue weighted by atomic mass is 10.1. The molecule has 0 atom stereocenters. The average Bonchev–Trinajstić information content (AvgIpc) is 2.18. The molecule has 0 amide bonds. The van der Waals surface area contributed by atoms with Gasteiger partial charge in [0.15, 0.2) is 0 Å². The van der Waals surface area contributed by atoms with Crippen molar-refractivity contribution >= 4 is 6.08 Å². The summed E-state index contributed by atoms with van der Waals surface area (Å²) in [6.07, 6.45) is 3.95. The molecule has 2 nitrogen and oxygen atoms in total. The molecule has 0 aliphatic heterocycles. The molecule has 0 aliphatic rings. The molecule has 1 N–H and O–H groups in total. The molecule has 13 heavy (non-hydrogen) atoms. The van der Waals surface area contributed by atoms with Crippen molar-refractivity contribution in [2.24, 2.45) is 0 Å². The van der Waals surface area contributed by atoms with Gasteiger partial charge in [-0.1, -0.05) is 18.2 Å². The van der Waals surface area contributed by atoms with Crippen LogP contribution >= 0.6 is 0 Å². The van der Waals surface area contributed by atoms with Crippen LogP contribution in [-0.2, 0) is 6.61 Å². The maximum Gasteiger partial charge on any atom is 0.124 e. The lowest BCUT2D eigenvalue weighted by Gasteiger charge is -2.06. The van der Waals surface area contributed by atoms with Crippen LogP contribution in [0.25, 0.3) is 6.08 Å². The summed E-state index contributed by atoms with van der Waals surface area (Å²) in [5, 5.41) is 9.04. The highest BCUT2D eigenvalue weighted by atomic mass is 16.5. The van der Waals surface area contributed by atoms with Gasteiger partial charge in [-0.3, -0.25) is 0 Å². The number of rotatable bonds is 3. The zero-order chi connectivity index (χ0) is 9.68. The second kappa shape index (κ2) is 4.67. The van der Waals surface area contributed by atoms with E-state index < -0.39 is 0 Å². The van der Waals surface area contributed by atoms with Crippen molar-refractivity contribution in [1.29, 1.82) is 0 Å². The zero-order valence-electron chi connectivity index (χ0n) is 7.95. The van der Waals surface area contributed by atoms with Gasteiger partial charge in [-0.05, 0) is 24.6 Å². The molecule has 0 radical (unpaired) electrons. The van der Waals surface area contributed by atoms with Crippen LogP contribution in [0, 0.1) is 0 Å². The first-order valence-electron chi connectivity index (χ1n) is 4.22. The summed E-state index contributed by atoms with van der Waals surface area (Å²) < 4.78 is 5.09. The monoisotopic (exact) mass is 178 g/mol. The number of hydrogen-bond donors (Lipinski definition) is 1. The first-order valence-corrected chi connectivity index (χ1v) is 4.22. The Balaban J connectivity index is 3.05. The quantitative estimate of drug-likeness (QED) is 0.769. The van der Waals surface area contributed by atoms with Crippen LogP contribution in [-0.4, -0.2) is 12.2 Å². The van der Waals surface area contributed by atoms with Crippen molar-refractivity contribution in [2.45, 2.75) is 13.5 Å². The summed E-state index contributed by atoms with van der Waals surface area (Å²) in [6.45, 7) is 1.97. The van der Waals surface area contributed by atoms with Crippen LogP contribution in [0.4, 0.5) is 0 Å². The van der Waals surface area contributed by atoms with E-state index in [-0.39, 0.29) is 6.61 Å². The van der Waals surface area contributed by atoms with E-state index in [9.17, 15) is 0 Å². The Morgan fingerprint density at radius 1 is 1.46 bits per heavy atom. The molecular formula is C11H14O2. The van der Waals surface area contributed by atoms with Gasteiger partial charge in [-0.15, -0.1) is 0 Å². The lowest BCUT2D eigenvalue weighted by molar-refractivity contribution is 0.274. The third kappa shape index (κ3) is 2.33. The van der Waals surface area contributed by atoms with E-state index in [1.54, 1.807) is 7.11 Å². The van der Waals surface area contributed by atoms with E-state index in [0.717, 1.165) is 16.9 Å². The molecule has 0 unspecified atom stereocenters. The van der Waals surface area contributed by atoms with Gasteiger partial charge < -0.3 is 9.84 Å². The predicted molar refractivity (Wildman–Crippen MR) is 53.6 cm³/mol. The molecule has 70 valence electrons. The Hall–Kier alpha value is -1.28. The standard InChI is InChI=1S/C11H14O2/c1-3-4-9-5-6-11(13-2)10(7-9)8-12/h3-7,12H,8H2,1-2H3. The molecular weight excluding hydrogens is 164 g/mol. The Morgan fingerprint density at radius 2 is 2.23 bits per heavy atom. The Morgan fingerprint density at radius 3 is 2.77 bits per heavy atom. The fraction of sp³-hybridized carbons (Fsp3) is 0.273. The van der Waals surface area contributed by atoms with Crippen LogP contribution in [0.15, 0.2) is 24.3 Å². The maximum atomic E-state index is 9.04. The van der Waals surface area contributed by atoms with Crippen LogP contribution in [0.5, 0.6) is 5.75 Å². The van der Waals surface area contributed by atoms with Crippen molar-refractivity contribution in [1.82, 2.24) is 0 Å². The lowest BCUT2D eigenvalue weighted by Crippen LogP contribution is -1.91. The molecule has 2 heteroatoms. The minimum absolute atomic E-state index is 0.00850. The van der Waals surface area contributed by atoms with E-state index >= 15 is 0 Å². The van der Waals surface area contributed by atoms with Gasteiger partial charge in [0.1, 0.15) is 5.75 Å². The van der Waals surface area contributed by atoms with Crippen molar-refractivity contribution in [3.05, 3.63) is 35.4 Å². The summed E-state index contributed by atoms with van der Waals surface area (Å²) in [7, 11) is 1.60. The topological polar surface area (TPSA) is 29.5 Å². The van der Waals surface area contributed by atoms with E-state index in [2.05, 4.69) is 0 Å². The van der Waals surface area contributed by atoms with Gasteiger partial charge in [0, 0.05) is 5.56 Å². The highest BCUT2D eigenvalue weighted by Gasteiger charge is 2.00. The van der Waals surface area contributed by atoms with Gasteiger partial charge in [0.25, 0.3) is 0 Å². The minimum atomic E-state index is 0.00850. The van der Waals surface area contributed by atoms with E-state index in [0.29, 0.717) is 0 Å². The van der Waals surface area contributed by atoms with Crippen LogP contribution < -0.4 is 4.74 Å². The molecule has 1 aromatic rings. The predicted octanol–water partition coefficient (Wildman–Crippen LogP) is 2.22. The van der Waals surface area contributed by atoms with E-state index in [4.69, 9.17) is 9.84 Å². The van der Waals surface area contributed by atoms with Crippen molar-refractivity contribution in [2.75, 3.05) is 7.11 Å². The Bertz CT molecular complexity index is 303. The third-order valence-corrected chi connectivity index (χ3v) is 1.83. The minimum Gasteiger partial charge on any atom is -0.496 e. The summed E-state index contributed by atoms with van der Waals surface area (Å²) in [5.41, 5.74) is 1.89. The Labute approximate surface area is 78.5 Å². The molecule has 1 aromatic carbocycles. The van der Waals surface area contributed by atoms with Gasteiger partial charge in [0.05, 0.1) is 13.7 Å². The molecule has 0 saturated carbocycles. The number of aliphatic hydroxyl groups is 1. The third-order valence-electron chi connectivity index (χ3n) is 1.83. The average molecular weight is 178 g/mol. The number of methoxy groups -OCH3 is 1. The fourth-order valence-electron chi connectivity index (χ4n) is 1.22. The molecule has 0 spiro atoms. The van der Waals surface area contributed by atoms with Gasteiger partial charge in [0.2, 0.25) is 0 Å². The molecule has 0 fully saturated rings. The highest BCUT2D eigenvalue weighted by Crippen LogP contribution is 2.20. The molecule has 0 bridgehead atoms. The molecule has 0 saturated heterocycles. The number of hydrogen-bond acceptors (Lipinski definition) is 2. The number of allylic oxidation sites excluding steroid dienone is 1. The van der Waals surface area contributed by atoms with Crippen molar-refractivity contribution < 1.29 is 9.84 Å². The van der Waals surface area contributed by atoms with Gasteiger partial charge >= 0.3 is 0 Å².